The second-order valence-electron chi connectivity index (χ2n) is 1.27. The molecule has 4 heteroatoms. The van der Waals surface area contributed by atoms with Crippen molar-refractivity contribution in [3.05, 3.63) is 0 Å². The van der Waals surface area contributed by atoms with Gasteiger partial charge < -0.3 is 0 Å². The van der Waals surface area contributed by atoms with Crippen molar-refractivity contribution in [2.75, 3.05) is 0 Å². The first kappa shape index (κ1) is 7.28. The van der Waals surface area contributed by atoms with E-state index < -0.39 is 19.0 Å². The maximum Gasteiger partial charge on any atom is 0.390 e. The summed E-state index contributed by atoms with van der Waals surface area (Å²) in [6.07, 6.45) is -5.61. The third-order valence-electron chi connectivity index (χ3n) is 0.520. The molecule has 0 spiro atoms. The number of hydrogen-bond donors (Lipinski definition) is 0. The smallest absolute Gasteiger partial charge is 0.198 e. The number of halogens is 3. The molecule has 0 amide bonds. The maximum absolute atomic E-state index is 11.1. The second-order valence-corrected chi connectivity index (χ2v) is 1.27. The summed E-state index contributed by atoms with van der Waals surface area (Å²) in [7, 11) is 0. The van der Waals surface area contributed by atoms with E-state index in [9.17, 15) is 13.2 Å². The number of nitrogens with zero attached hydrogens (tertiary/aromatic N) is 1. The lowest BCUT2D eigenvalue weighted by Crippen LogP contribution is -2.05. The fraction of sp³-hybridized carbons (Fsp3) is 0.750. The lowest BCUT2D eigenvalue weighted by molar-refractivity contribution is -0.133. The molecule has 0 heterocycles. The van der Waals surface area contributed by atoms with Crippen molar-refractivity contribution in [1.29, 1.82) is 5.26 Å². The van der Waals surface area contributed by atoms with Gasteiger partial charge in [-0.25, -0.2) is 0 Å². The van der Waals surface area contributed by atoms with Gasteiger partial charge in [-0.05, 0) is 0 Å². The van der Waals surface area contributed by atoms with Crippen LogP contribution >= 0.6 is 0 Å². The molecule has 0 N–H and O–H groups in total. The SMILES string of the molecule is N#CCCC(F)(F)F. The van der Waals surface area contributed by atoms with Crippen LogP contribution in [0.15, 0.2) is 0 Å². The van der Waals surface area contributed by atoms with Crippen LogP contribution in [0.4, 0.5) is 13.2 Å². The first-order valence-corrected chi connectivity index (χ1v) is 2.00. The van der Waals surface area contributed by atoms with Crippen molar-refractivity contribution in [1.82, 2.24) is 0 Å². The fourth-order valence-electron chi connectivity index (χ4n) is 0.198. The molecule has 0 aliphatic heterocycles. The monoisotopic (exact) mass is 123 g/mol. The lowest BCUT2D eigenvalue weighted by Gasteiger charge is -1.99. The Bertz CT molecular complexity index is 98.8. The average Bonchev–Trinajstić information content (AvgIpc) is 1.59. The van der Waals surface area contributed by atoms with E-state index >= 15 is 0 Å². The van der Waals surface area contributed by atoms with E-state index in [0.29, 0.717) is 0 Å². The highest BCUT2D eigenvalue weighted by atomic mass is 19.4. The van der Waals surface area contributed by atoms with Gasteiger partial charge in [0.25, 0.3) is 0 Å². The number of rotatable bonds is 1. The summed E-state index contributed by atoms with van der Waals surface area (Å²) < 4.78 is 33.3. The van der Waals surface area contributed by atoms with Crippen LogP contribution in [-0.4, -0.2) is 6.18 Å². The molecule has 0 aliphatic carbocycles. The largest absolute Gasteiger partial charge is 0.390 e. The third-order valence-corrected chi connectivity index (χ3v) is 0.520. The summed E-state index contributed by atoms with van der Waals surface area (Å²) in [6, 6.07) is 1.40. The highest BCUT2D eigenvalue weighted by molar-refractivity contribution is 4.70. The van der Waals surface area contributed by atoms with Crippen molar-refractivity contribution in [3.8, 4) is 6.07 Å². The summed E-state index contributed by atoms with van der Waals surface area (Å²) in [4.78, 5) is 0. The Labute approximate surface area is 44.7 Å². The van der Waals surface area contributed by atoms with Crippen molar-refractivity contribution >= 4 is 0 Å². The number of hydrogen-bond acceptors (Lipinski definition) is 1. The zero-order valence-corrected chi connectivity index (χ0v) is 4.00. The van der Waals surface area contributed by atoms with Gasteiger partial charge in [0.2, 0.25) is 0 Å². The highest BCUT2D eigenvalue weighted by Gasteiger charge is 2.25. The van der Waals surface area contributed by atoms with Gasteiger partial charge in [0.05, 0.1) is 12.5 Å². The summed E-state index contributed by atoms with van der Waals surface area (Å²) in [6.45, 7) is 0. The predicted octanol–water partition coefficient (Wildman–Crippen LogP) is 1.85. The van der Waals surface area contributed by atoms with Crippen molar-refractivity contribution in [2.24, 2.45) is 0 Å². The molecule has 0 aromatic heterocycles. The van der Waals surface area contributed by atoms with Crippen LogP contribution in [0.25, 0.3) is 0 Å². The average molecular weight is 123 g/mol. The molecule has 0 aromatic carbocycles. The molecule has 0 atom stereocenters. The molecule has 0 rings (SSSR count). The Morgan fingerprint density at radius 2 is 1.88 bits per heavy atom. The number of alkyl halides is 3. The molecule has 0 unspecified atom stereocenters. The van der Waals surface area contributed by atoms with Gasteiger partial charge in [0.15, 0.2) is 0 Å². The molecule has 0 radical (unpaired) electrons. The van der Waals surface area contributed by atoms with E-state index in [1.54, 1.807) is 0 Å². The summed E-state index contributed by atoms with van der Waals surface area (Å²) in [5.74, 6) is 0. The zero-order valence-electron chi connectivity index (χ0n) is 4.00. The molecular weight excluding hydrogens is 119 g/mol. The van der Waals surface area contributed by atoms with E-state index in [2.05, 4.69) is 0 Å². The van der Waals surface area contributed by atoms with Gasteiger partial charge in [-0.2, -0.15) is 18.4 Å². The summed E-state index contributed by atoms with van der Waals surface area (Å²) in [5, 5.41) is 7.68. The quantitative estimate of drug-likeness (QED) is 0.522. The van der Waals surface area contributed by atoms with Gasteiger partial charge in [-0.1, -0.05) is 0 Å². The first-order chi connectivity index (χ1) is 3.56. The van der Waals surface area contributed by atoms with Gasteiger partial charge in [0.1, 0.15) is 0 Å². The van der Waals surface area contributed by atoms with E-state index in [1.165, 1.54) is 6.07 Å². The molecule has 46 valence electrons. The van der Waals surface area contributed by atoms with Gasteiger partial charge >= 0.3 is 6.18 Å². The molecule has 0 bridgehead atoms. The number of nitriles is 1. The Morgan fingerprint density at radius 1 is 1.38 bits per heavy atom. The molecular formula is C4H4F3N. The minimum Gasteiger partial charge on any atom is -0.198 e. The predicted molar refractivity (Wildman–Crippen MR) is 20.9 cm³/mol. The van der Waals surface area contributed by atoms with Gasteiger partial charge in [-0.3, -0.25) is 0 Å². The van der Waals surface area contributed by atoms with Crippen LogP contribution < -0.4 is 0 Å². The summed E-state index contributed by atoms with van der Waals surface area (Å²) >= 11 is 0. The van der Waals surface area contributed by atoms with E-state index in [0.717, 1.165) is 0 Å². The molecule has 0 aliphatic rings. The van der Waals surface area contributed by atoms with Gasteiger partial charge in [-0.15, -0.1) is 0 Å². The lowest BCUT2D eigenvalue weighted by atomic mass is 10.3. The summed E-state index contributed by atoms with van der Waals surface area (Å²) in [5.41, 5.74) is 0. The van der Waals surface area contributed by atoms with Gasteiger partial charge in [0, 0.05) is 6.42 Å². The minimum atomic E-state index is -4.17. The van der Waals surface area contributed by atoms with E-state index in [1.807, 2.05) is 0 Å². The molecule has 1 nitrogen and oxygen atoms in total. The van der Waals surface area contributed by atoms with Crippen LogP contribution in [0.1, 0.15) is 12.8 Å². The molecule has 0 fully saturated rings. The second kappa shape index (κ2) is 2.55. The topological polar surface area (TPSA) is 23.8 Å². The van der Waals surface area contributed by atoms with Crippen molar-refractivity contribution in [3.63, 3.8) is 0 Å². The molecule has 0 aromatic rings. The third kappa shape index (κ3) is 5.28. The first-order valence-electron chi connectivity index (χ1n) is 2.00. The standard InChI is InChI=1S/C4H4F3N/c5-4(6,7)2-1-3-8/h1-2H2. The van der Waals surface area contributed by atoms with Crippen LogP contribution in [0, 0.1) is 11.3 Å². The van der Waals surface area contributed by atoms with Crippen molar-refractivity contribution < 1.29 is 13.2 Å². The molecule has 0 saturated heterocycles. The van der Waals surface area contributed by atoms with Crippen LogP contribution in [0.5, 0.6) is 0 Å². The van der Waals surface area contributed by atoms with E-state index in [4.69, 9.17) is 5.26 Å². The Hall–Kier alpha value is -0.720. The normalized spacial score (nSPS) is 10.8. The molecule has 0 saturated carbocycles. The Morgan fingerprint density at radius 3 is 2.00 bits per heavy atom. The van der Waals surface area contributed by atoms with Crippen molar-refractivity contribution in [2.45, 2.75) is 19.0 Å². The van der Waals surface area contributed by atoms with Crippen LogP contribution in [-0.2, 0) is 0 Å². The Balaban J connectivity index is 3.28. The fourth-order valence-corrected chi connectivity index (χ4v) is 0.198. The van der Waals surface area contributed by atoms with E-state index in [-0.39, 0.29) is 0 Å². The highest BCUT2D eigenvalue weighted by Crippen LogP contribution is 2.20. The maximum atomic E-state index is 11.1. The minimum absolute atomic E-state index is 0.441. The van der Waals surface area contributed by atoms with Crippen LogP contribution in [0.2, 0.25) is 0 Å². The molecule has 8 heavy (non-hydrogen) atoms. The zero-order chi connectivity index (χ0) is 6.62. The van der Waals surface area contributed by atoms with Crippen LogP contribution in [0.3, 0.4) is 0 Å². The Kier molecular flexibility index (Phi) is 2.32.